The molecule has 0 aliphatic heterocycles. The molecule has 0 aromatic heterocycles. The minimum absolute atomic E-state index is 0.329. The maximum atomic E-state index is 10.4. The van der Waals surface area contributed by atoms with Crippen LogP contribution in [0, 0.1) is 0 Å². The van der Waals surface area contributed by atoms with Gasteiger partial charge in [0.05, 0.1) is 0 Å². The van der Waals surface area contributed by atoms with Gasteiger partial charge in [-0.15, -0.1) is 0 Å². The van der Waals surface area contributed by atoms with E-state index in [9.17, 15) is 4.79 Å². The second-order valence-corrected chi connectivity index (χ2v) is 6.64. The molecule has 0 heterocycles. The lowest BCUT2D eigenvalue weighted by molar-refractivity contribution is -0.137. The van der Waals surface area contributed by atoms with E-state index in [1.165, 1.54) is 89.0 Å². The Morgan fingerprint density at radius 1 is 0.682 bits per heavy atom. The quantitative estimate of drug-likeness (QED) is 0.234. The molecule has 2 heteroatoms. The summed E-state index contributed by atoms with van der Waals surface area (Å²) in [4.78, 5) is 10.4. The van der Waals surface area contributed by atoms with E-state index in [1.54, 1.807) is 0 Å². The minimum atomic E-state index is -0.665. The van der Waals surface area contributed by atoms with Gasteiger partial charge in [0, 0.05) is 6.42 Å². The predicted molar refractivity (Wildman–Crippen MR) is 96.3 cm³/mol. The summed E-state index contributed by atoms with van der Waals surface area (Å²) < 4.78 is 0. The van der Waals surface area contributed by atoms with Gasteiger partial charge in [-0.3, -0.25) is 4.79 Å². The SMILES string of the molecule is C=C(CCCCCCCCC)CCCCCCCCC(=O)O. The van der Waals surface area contributed by atoms with Gasteiger partial charge in [0.25, 0.3) is 0 Å². The molecule has 0 fully saturated rings. The molecule has 0 spiro atoms. The number of hydrogen-bond donors (Lipinski definition) is 1. The zero-order valence-corrected chi connectivity index (χ0v) is 14.9. The highest BCUT2D eigenvalue weighted by Crippen LogP contribution is 2.17. The molecule has 1 N–H and O–H groups in total. The highest BCUT2D eigenvalue weighted by molar-refractivity contribution is 5.66. The van der Waals surface area contributed by atoms with Crippen molar-refractivity contribution in [1.29, 1.82) is 0 Å². The highest BCUT2D eigenvalue weighted by Gasteiger charge is 1.98. The van der Waals surface area contributed by atoms with Crippen LogP contribution in [0.3, 0.4) is 0 Å². The van der Waals surface area contributed by atoms with Gasteiger partial charge in [0.1, 0.15) is 0 Å². The van der Waals surface area contributed by atoms with E-state index in [-0.39, 0.29) is 0 Å². The summed E-state index contributed by atoms with van der Waals surface area (Å²) in [7, 11) is 0. The lowest BCUT2D eigenvalue weighted by Gasteiger charge is -2.06. The lowest BCUT2D eigenvalue weighted by atomic mass is 10.0. The van der Waals surface area contributed by atoms with Crippen LogP contribution in [0.1, 0.15) is 110 Å². The van der Waals surface area contributed by atoms with Crippen LogP contribution in [0.4, 0.5) is 0 Å². The predicted octanol–water partition coefficient (Wildman–Crippen LogP) is 6.89. The first-order valence-corrected chi connectivity index (χ1v) is 9.55. The number of unbranched alkanes of at least 4 members (excludes halogenated alkanes) is 11. The summed E-state index contributed by atoms with van der Waals surface area (Å²) in [5.74, 6) is -0.665. The maximum Gasteiger partial charge on any atom is 0.303 e. The summed E-state index contributed by atoms with van der Waals surface area (Å²) in [5.41, 5.74) is 1.43. The summed E-state index contributed by atoms with van der Waals surface area (Å²) in [6, 6.07) is 0. The van der Waals surface area contributed by atoms with E-state index in [1.807, 2.05) is 0 Å². The Morgan fingerprint density at radius 3 is 1.45 bits per heavy atom. The number of aliphatic carboxylic acids is 1. The second kappa shape index (κ2) is 16.6. The lowest BCUT2D eigenvalue weighted by Crippen LogP contribution is -1.93. The van der Waals surface area contributed by atoms with Crippen LogP contribution in [0.25, 0.3) is 0 Å². The molecular formula is C20H38O2. The van der Waals surface area contributed by atoms with Crippen LogP contribution >= 0.6 is 0 Å². The van der Waals surface area contributed by atoms with Crippen LogP contribution in [-0.2, 0) is 4.79 Å². The average molecular weight is 311 g/mol. The Kier molecular flexibility index (Phi) is 16.0. The summed E-state index contributed by atoms with van der Waals surface area (Å²) >= 11 is 0. The molecule has 0 aromatic rings. The standard InChI is InChI=1S/C20H38O2/c1-3-4-5-6-7-10-13-16-19(2)17-14-11-8-9-12-15-18-20(21)22/h2-18H2,1H3,(H,21,22). The van der Waals surface area contributed by atoms with Gasteiger partial charge in [-0.1, -0.05) is 83.3 Å². The van der Waals surface area contributed by atoms with Gasteiger partial charge in [-0.25, -0.2) is 0 Å². The first-order valence-electron chi connectivity index (χ1n) is 9.55. The zero-order valence-electron chi connectivity index (χ0n) is 14.9. The molecule has 22 heavy (non-hydrogen) atoms. The molecule has 0 atom stereocenters. The second-order valence-electron chi connectivity index (χ2n) is 6.64. The third-order valence-electron chi connectivity index (χ3n) is 4.30. The highest BCUT2D eigenvalue weighted by atomic mass is 16.4. The van der Waals surface area contributed by atoms with Crippen LogP contribution in [-0.4, -0.2) is 11.1 Å². The van der Waals surface area contributed by atoms with Gasteiger partial charge >= 0.3 is 5.97 Å². The molecule has 0 aliphatic rings. The van der Waals surface area contributed by atoms with Crippen molar-refractivity contribution >= 4 is 5.97 Å². The Hall–Kier alpha value is -0.790. The molecule has 0 aromatic carbocycles. The number of carboxylic acids is 1. The van der Waals surface area contributed by atoms with Crippen molar-refractivity contribution in [3.05, 3.63) is 12.2 Å². The zero-order chi connectivity index (χ0) is 16.5. The van der Waals surface area contributed by atoms with Crippen LogP contribution in [0.5, 0.6) is 0 Å². The molecule has 0 saturated carbocycles. The molecule has 0 aliphatic carbocycles. The molecule has 130 valence electrons. The van der Waals surface area contributed by atoms with Crippen molar-refractivity contribution < 1.29 is 9.90 Å². The van der Waals surface area contributed by atoms with Crippen molar-refractivity contribution in [3.8, 4) is 0 Å². The maximum absolute atomic E-state index is 10.4. The van der Waals surface area contributed by atoms with Crippen molar-refractivity contribution in [2.45, 2.75) is 110 Å². The first kappa shape index (κ1) is 21.2. The molecule has 0 unspecified atom stereocenters. The van der Waals surface area contributed by atoms with Gasteiger partial charge in [-0.05, 0) is 32.1 Å². The Labute approximate surface area is 138 Å². The Bertz CT molecular complexity index is 271. The molecular weight excluding hydrogens is 272 g/mol. The number of allylic oxidation sites excluding steroid dienone is 1. The van der Waals surface area contributed by atoms with Crippen molar-refractivity contribution in [1.82, 2.24) is 0 Å². The fourth-order valence-corrected chi connectivity index (χ4v) is 2.82. The van der Waals surface area contributed by atoms with Crippen LogP contribution in [0.2, 0.25) is 0 Å². The first-order chi connectivity index (χ1) is 10.7. The van der Waals surface area contributed by atoms with Gasteiger partial charge in [-0.2, -0.15) is 0 Å². The monoisotopic (exact) mass is 310 g/mol. The van der Waals surface area contributed by atoms with E-state index in [0.29, 0.717) is 6.42 Å². The van der Waals surface area contributed by atoms with Crippen molar-refractivity contribution in [2.24, 2.45) is 0 Å². The van der Waals surface area contributed by atoms with Crippen LogP contribution < -0.4 is 0 Å². The van der Waals surface area contributed by atoms with Crippen molar-refractivity contribution in [3.63, 3.8) is 0 Å². The summed E-state index contributed by atoms with van der Waals surface area (Å²) in [5, 5.41) is 8.55. The van der Waals surface area contributed by atoms with E-state index in [2.05, 4.69) is 13.5 Å². The fourth-order valence-electron chi connectivity index (χ4n) is 2.82. The molecule has 0 radical (unpaired) electrons. The third-order valence-corrected chi connectivity index (χ3v) is 4.30. The number of carboxylic acid groups (broad SMARTS) is 1. The fraction of sp³-hybridized carbons (Fsp3) is 0.850. The van der Waals surface area contributed by atoms with Gasteiger partial charge in [0.15, 0.2) is 0 Å². The Balaban J connectivity index is 3.17. The minimum Gasteiger partial charge on any atom is -0.481 e. The van der Waals surface area contributed by atoms with Crippen molar-refractivity contribution in [2.75, 3.05) is 0 Å². The number of hydrogen-bond acceptors (Lipinski definition) is 1. The van der Waals surface area contributed by atoms with E-state index >= 15 is 0 Å². The molecule has 0 bridgehead atoms. The number of carbonyl (C=O) groups is 1. The van der Waals surface area contributed by atoms with Gasteiger partial charge < -0.3 is 5.11 Å². The molecule has 0 amide bonds. The van der Waals surface area contributed by atoms with Crippen LogP contribution in [0.15, 0.2) is 12.2 Å². The average Bonchev–Trinajstić information content (AvgIpc) is 2.48. The smallest absolute Gasteiger partial charge is 0.303 e. The summed E-state index contributed by atoms with van der Waals surface area (Å²) in [6.07, 6.45) is 19.2. The summed E-state index contributed by atoms with van der Waals surface area (Å²) in [6.45, 7) is 6.47. The Morgan fingerprint density at radius 2 is 1.05 bits per heavy atom. The van der Waals surface area contributed by atoms with Gasteiger partial charge in [0.2, 0.25) is 0 Å². The number of rotatable bonds is 17. The van der Waals surface area contributed by atoms with E-state index in [0.717, 1.165) is 12.8 Å². The molecule has 0 saturated heterocycles. The topological polar surface area (TPSA) is 37.3 Å². The third kappa shape index (κ3) is 17.3. The largest absolute Gasteiger partial charge is 0.481 e. The molecule has 0 rings (SSSR count). The normalized spacial score (nSPS) is 10.8. The molecule has 2 nitrogen and oxygen atoms in total. The van der Waals surface area contributed by atoms with E-state index < -0.39 is 5.97 Å². The van der Waals surface area contributed by atoms with E-state index in [4.69, 9.17) is 5.11 Å².